The van der Waals surface area contributed by atoms with Crippen LogP contribution in [0.4, 0.5) is 0 Å². The third-order valence-corrected chi connectivity index (χ3v) is 5.22. The van der Waals surface area contributed by atoms with Crippen LogP contribution >= 0.6 is 11.3 Å². The van der Waals surface area contributed by atoms with Crippen LogP contribution in [0.25, 0.3) is 20.8 Å². The van der Waals surface area contributed by atoms with E-state index >= 15 is 0 Å². The number of likely N-dealkylation sites (tertiary alicyclic amines) is 1. The maximum atomic E-state index is 12.5. The van der Waals surface area contributed by atoms with Gasteiger partial charge in [0.05, 0.1) is 11.1 Å². The number of benzene rings is 1. The minimum atomic E-state index is -0.266. The first-order chi connectivity index (χ1) is 11.7. The predicted octanol–water partition coefficient (Wildman–Crippen LogP) is 2.95. The second kappa shape index (κ2) is 6.13. The number of pyridine rings is 1. The minimum Gasteiger partial charge on any atom is -0.339 e. The van der Waals surface area contributed by atoms with E-state index in [0.29, 0.717) is 21.7 Å². The molecular weight excluding hydrogens is 322 g/mol. The highest BCUT2D eigenvalue weighted by Gasteiger charge is 2.20. The van der Waals surface area contributed by atoms with E-state index in [4.69, 9.17) is 0 Å². The molecule has 0 atom stereocenters. The van der Waals surface area contributed by atoms with Crippen LogP contribution in [0.5, 0.6) is 0 Å². The van der Waals surface area contributed by atoms with Gasteiger partial charge in [0.25, 0.3) is 11.5 Å². The average molecular weight is 337 g/mol. The lowest BCUT2D eigenvalue weighted by molar-refractivity contribution is 0.0793. The first-order valence-corrected chi connectivity index (χ1v) is 8.69. The fourth-order valence-corrected chi connectivity index (χ4v) is 3.87. The molecule has 2 aromatic heterocycles. The van der Waals surface area contributed by atoms with Crippen LogP contribution in [-0.4, -0.2) is 33.9 Å². The lowest BCUT2D eigenvalue weighted by Crippen LogP contribution is -2.27. The van der Waals surface area contributed by atoms with Gasteiger partial charge in [-0.25, -0.2) is 0 Å². The van der Waals surface area contributed by atoms with E-state index in [9.17, 15) is 9.59 Å². The zero-order valence-corrected chi connectivity index (χ0v) is 13.8. The highest BCUT2D eigenvalue weighted by atomic mass is 32.1. The molecule has 0 aliphatic carbocycles. The van der Waals surface area contributed by atoms with Crippen molar-refractivity contribution < 1.29 is 4.79 Å². The standard InChI is InChI=1S/C18H15N3O2S/c22-16-13-5-1-2-6-15(13)24-17(20-16)14-11-12(7-8-19-14)18(23)21-9-3-4-10-21/h1-2,5-8,11H,3-4,9-10H2. The number of amides is 1. The van der Waals surface area contributed by atoms with Gasteiger partial charge in [-0.15, -0.1) is 11.3 Å². The largest absolute Gasteiger partial charge is 0.339 e. The van der Waals surface area contributed by atoms with Crippen LogP contribution in [0.2, 0.25) is 0 Å². The van der Waals surface area contributed by atoms with Crippen molar-refractivity contribution in [3.05, 3.63) is 58.5 Å². The van der Waals surface area contributed by atoms with Gasteiger partial charge in [-0.3, -0.25) is 14.6 Å². The van der Waals surface area contributed by atoms with Gasteiger partial charge in [0.1, 0.15) is 5.01 Å². The van der Waals surface area contributed by atoms with Gasteiger partial charge in [0.2, 0.25) is 0 Å². The molecule has 0 saturated carbocycles. The maximum absolute atomic E-state index is 12.5. The topological polar surface area (TPSA) is 63.2 Å². The van der Waals surface area contributed by atoms with Crippen molar-refractivity contribution in [2.45, 2.75) is 12.8 Å². The second-order valence-corrected chi connectivity index (χ2v) is 6.78. The summed E-state index contributed by atoms with van der Waals surface area (Å²) in [6.07, 6.45) is 3.71. The van der Waals surface area contributed by atoms with E-state index in [-0.39, 0.29) is 11.5 Å². The molecule has 1 fully saturated rings. The van der Waals surface area contributed by atoms with E-state index in [0.717, 1.165) is 30.6 Å². The molecule has 0 N–H and O–H groups in total. The van der Waals surface area contributed by atoms with Gasteiger partial charge < -0.3 is 4.90 Å². The summed E-state index contributed by atoms with van der Waals surface area (Å²) in [7, 11) is 0. The first kappa shape index (κ1) is 15.0. The highest BCUT2D eigenvalue weighted by molar-refractivity contribution is 7.21. The Balaban J connectivity index is 1.76. The van der Waals surface area contributed by atoms with Crippen LogP contribution in [0.15, 0.2) is 47.4 Å². The van der Waals surface area contributed by atoms with Crippen molar-refractivity contribution in [1.29, 1.82) is 0 Å². The molecule has 0 unspecified atom stereocenters. The Kier molecular flexibility index (Phi) is 3.82. The van der Waals surface area contributed by atoms with Gasteiger partial charge in [-0.1, -0.05) is 12.1 Å². The molecule has 6 heteroatoms. The molecular formula is C18H15N3O2S. The normalized spacial score (nSPS) is 14.2. The van der Waals surface area contributed by atoms with E-state index in [1.807, 2.05) is 23.1 Å². The zero-order valence-electron chi connectivity index (χ0n) is 12.9. The predicted molar refractivity (Wildman–Crippen MR) is 94.3 cm³/mol. The number of fused-ring (bicyclic) bond motifs is 1. The van der Waals surface area contributed by atoms with E-state index in [1.165, 1.54) is 11.3 Å². The molecule has 0 radical (unpaired) electrons. The molecule has 4 rings (SSSR count). The van der Waals surface area contributed by atoms with Crippen LogP contribution in [-0.2, 0) is 0 Å². The summed E-state index contributed by atoms with van der Waals surface area (Å²) in [4.78, 5) is 35.0. The number of hydrogen-bond acceptors (Lipinski definition) is 5. The molecule has 120 valence electrons. The summed E-state index contributed by atoms with van der Waals surface area (Å²) in [5.41, 5.74) is 0.891. The summed E-state index contributed by atoms with van der Waals surface area (Å²) in [5, 5.41) is 1.14. The van der Waals surface area contributed by atoms with Crippen molar-refractivity contribution in [1.82, 2.24) is 14.9 Å². The fourth-order valence-electron chi connectivity index (χ4n) is 2.90. The van der Waals surface area contributed by atoms with E-state index < -0.39 is 0 Å². The molecule has 0 bridgehead atoms. The zero-order chi connectivity index (χ0) is 16.5. The number of rotatable bonds is 2. The van der Waals surface area contributed by atoms with Gasteiger partial charge in [0, 0.05) is 29.5 Å². The number of carbonyl (C=O) groups excluding carboxylic acids is 1. The summed E-state index contributed by atoms with van der Waals surface area (Å²) in [5.74, 6) is 0.0179. The van der Waals surface area contributed by atoms with Crippen molar-refractivity contribution in [3.63, 3.8) is 0 Å². The Bertz CT molecular complexity index is 977. The summed E-state index contributed by atoms with van der Waals surface area (Å²) in [6.45, 7) is 1.61. The highest BCUT2D eigenvalue weighted by Crippen LogP contribution is 2.25. The summed E-state index contributed by atoms with van der Waals surface area (Å²) < 4.78 is 0.866. The molecule has 3 aromatic rings. The number of nitrogens with zero attached hydrogens (tertiary/aromatic N) is 3. The Hall–Kier alpha value is -2.60. The van der Waals surface area contributed by atoms with Crippen molar-refractivity contribution >= 4 is 27.3 Å². The Morgan fingerprint density at radius 3 is 2.75 bits per heavy atom. The molecule has 1 saturated heterocycles. The van der Waals surface area contributed by atoms with Crippen LogP contribution in [0.3, 0.4) is 0 Å². The minimum absolute atomic E-state index is 0.0179. The Labute approximate surface area is 142 Å². The molecule has 3 heterocycles. The Morgan fingerprint density at radius 1 is 1.12 bits per heavy atom. The molecule has 24 heavy (non-hydrogen) atoms. The number of hydrogen-bond donors (Lipinski definition) is 0. The first-order valence-electron chi connectivity index (χ1n) is 7.88. The maximum Gasteiger partial charge on any atom is 0.279 e. The van der Waals surface area contributed by atoms with Crippen molar-refractivity contribution in [2.75, 3.05) is 13.1 Å². The van der Waals surface area contributed by atoms with Crippen LogP contribution in [0, 0.1) is 0 Å². The molecule has 1 aliphatic heterocycles. The second-order valence-electron chi connectivity index (χ2n) is 5.75. The molecule has 1 amide bonds. The smallest absolute Gasteiger partial charge is 0.279 e. The van der Waals surface area contributed by atoms with Crippen LogP contribution < -0.4 is 5.56 Å². The van der Waals surface area contributed by atoms with E-state index in [1.54, 1.807) is 24.4 Å². The quantitative estimate of drug-likeness (QED) is 0.721. The third kappa shape index (κ3) is 2.69. The van der Waals surface area contributed by atoms with Crippen molar-refractivity contribution in [2.24, 2.45) is 0 Å². The Morgan fingerprint density at radius 2 is 1.92 bits per heavy atom. The number of carbonyl (C=O) groups is 1. The molecule has 1 aliphatic rings. The van der Waals surface area contributed by atoms with Crippen LogP contribution in [0.1, 0.15) is 23.2 Å². The van der Waals surface area contributed by atoms with Crippen molar-refractivity contribution in [3.8, 4) is 10.7 Å². The lowest BCUT2D eigenvalue weighted by atomic mass is 10.2. The van der Waals surface area contributed by atoms with Gasteiger partial charge >= 0.3 is 0 Å². The SMILES string of the molecule is O=C(c1ccnc(-c2nc(=O)c3ccccc3s2)c1)N1CCCC1. The molecule has 5 nitrogen and oxygen atoms in total. The van der Waals surface area contributed by atoms with Gasteiger partial charge in [-0.2, -0.15) is 4.98 Å². The number of aromatic nitrogens is 2. The average Bonchev–Trinajstić information content (AvgIpc) is 3.16. The monoisotopic (exact) mass is 337 g/mol. The summed E-state index contributed by atoms with van der Waals surface area (Å²) in [6, 6.07) is 10.8. The molecule has 1 aromatic carbocycles. The van der Waals surface area contributed by atoms with Gasteiger partial charge in [0.15, 0.2) is 0 Å². The van der Waals surface area contributed by atoms with E-state index in [2.05, 4.69) is 9.97 Å². The molecule has 0 spiro atoms. The fraction of sp³-hybridized carbons (Fsp3) is 0.222. The third-order valence-electron chi connectivity index (χ3n) is 4.15. The lowest BCUT2D eigenvalue weighted by Gasteiger charge is -2.15. The summed E-state index contributed by atoms with van der Waals surface area (Å²) >= 11 is 1.41. The van der Waals surface area contributed by atoms with Gasteiger partial charge in [-0.05, 0) is 37.1 Å².